The lowest BCUT2D eigenvalue weighted by atomic mass is 9.66. The minimum absolute atomic E-state index is 0.0895. The quantitative estimate of drug-likeness (QED) is 0.555. The largest absolute Gasteiger partial charge is 0.461 e. The first-order chi connectivity index (χ1) is 8.36. The highest BCUT2D eigenvalue weighted by Gasteiger charge is 2.53. The van der Waals surface area contributed by atoms with Crippen molar-refractivity contribution in [2.24, 2.45) is 0 Å². The predicted molar refractivity (Wildman–Crippen MR) is 74.5 cm³/mol. The van der Waals surface area contributed by atoms with Gasteiger partial charge < -0.3 is 18.9 Å². The summed E-state index contributed by atoms with van der Waals surface area (Å²) < 4.78 is 12.2. The summed E-state index contributed by atoms with van der Waals surface area (Å²) in [6, 6.07) is 0. The first-order valence-corrected chi connectivity index (χ1v) is 6.87. The van der Waals surface area contributed by atoms with Gasteiger partial charge in [0.15, 0.2) is 0 Å². The van der Waals surface area contributed by atoms with Crippen LogP contribution in [0.3, 0.4) is 0 Å². The maximum atomic E-state index is 10.5. The summed E-state index contributed by atoms with van der Waals surface area (Å²) in [6.07, 6.45) is 3.07. The zero-order valence-electron chi connectivity index (χ0n) is 11.9. The third kappa shape index (κ3) is 2.65. The molecule has 0 aromatic heterocycles. The van der Waals surface area contributed by atoms with E-state index in [1.54, 1.807) is 0 Å². The fraction of sp³-hybridized carbons (Fsp3) is 0.917. The first kappa shape index (κ1) is 14.1. The molecule has 0 amide bonds. The molecule has 0 unspecified atom stereocenters. The molecule has 4 nitrogen and oxygen atoms in total. The molecule has 0 atom stereocenters. The average molecular weight is 251 g/mol. The van der Waals surface area contributed by atoms with Gasteiger partial charge >= 0.3 is 7.12 Å². The monoisotopic (exact) mass is 251 g/mol. The Balaban J connectivity index is 1.90. The molecule has 0 N–H and O–H groups in total. The fourth-order valence-electron chi connectivity index (χ4n) is 2.59. The average Bonchev–Trinajstić information content (AvgIpc) is 2.50. The normalized spacial score (nSPS) is 28.3. The van der Waals surface area contributed by atoms with E-state index in [2.05, 4.69) is 32.5 Å². The lowest BCUT2D eigenvalue weighted by Crippen LogP contribution is -2.41. The summed E-state index contributed by atoms with van der Waals surface area (Å²) in [6.45, 7) is 10.3. The van der Waals surface area contributed by atoms with Crippen LogP contribution >= 0.6 is 0 Å². The molecule has 100 valence electrons. The van der Waals surface area contributed by atoms with Crippen molar-refractivity contribution in [1.29, 1.82) is 0 Å². The van der Waals surface area contributed by atoms with Gasteiger partial charge in [0.05, 0.1) is 17.4 Å². The van der Waals surface area contributed by atoms with E-state index in [1.807, 2.05) is 0 Å². The summed E-state index contributed by atoms with van der Waals surface area (Å²) in [5, 5.41) is 0. The summed E-state index contributed by atoms with van der Waals surface area (Å²) in [4.78, 5) is 12.7. The number of nitrogens with zero attached hydrogens (tertiary/aromatic N) is 1. The number of hydrogen-bond donors (Lipinski definition) is 0. The topological polar surface area (TPSA) is 38.8 Å². The molecule has 0 bridgehead atoms. The second-order valence-corrected chi connectivity index (χ2v) is 6.43. The van der Waals surface area contributed by atoms with Crippen molar-refractivity contribution in [2.75, 3.05) is 13.1 Å². The summed E-state index contributed by atoms with van der Waals surface area (Å²) in [5.41, 5.74) is -0.477. The SMILES string of the molecule is CC1(C)OB(C2CCN(BC=O)CC2)OC1(C)C. The molecule has 2 aliphatic rings. The van der Waals surface area contributed by atoms with E-state index < -0.39 is 0 Å². The van der Waals surface area contributed by atoms with Crippen LogP contribution in [-0.2, 0) is 14.1 Å². The van der Waals surface area contributed by atoms with Gasteiger partial charge in [-0.25, -0.2) is 0 Å². The molecule has 0 aliphatic carbocycles. The van der Waals surface area contributed by atoms with Crippen LogP contribution in [0.15, 0.2) is 0 Å². The highest BCUT2D eigenvalue weighted by Crippen LogP contribution is 2.42. The standard InChI is InChI=1S/C12H23B2NO3/c1-11(2)12(3,4)18-14(17-11)10-5-7-15(8-6-10)13-9-16/h9-10,13H,5-8H2,1-4H3. The lowest BCUT2D eigenvalue weighted by Gasteiger charge is -2.32. The van der Waals surface area contributed by atoms with Gasteiger partial charge in [-0.3, -0.25) is 0 Å². The molecular weight excluding hydrogens is 228 g/mol. The van der Waals surface area contributed by atoms with Gasteiger partial charge in [0.1, 0.15) is 0 Å². The van der Waals surface area contributed by atoms with Crippen LogP contribution in [0, 0.1) is 0 Å². The number of carbonyl (C=O) groups excluding carboxylic acids is 1. The van der Waals surface area contributed by atoms with Crippen LogP contribution in [0.25, 0.3) is 0 Å². The molecule has 2 heterocycles. The van der Waals surface area contributed by atoms with Crippen LogP contribution in [-0.4, -0.2) is 49.8 Å². The maximum absolute atomic E-state index is 10.5. The van der Waals surface area contributed by atoms with Gasteiger partial charge in [-0.05, 0) is 59.4 Å². The Kier molecular flexibility index (Phi) is 3.90. The minimum atomic E-state index is -0.238. The van der Waals surface area contributed by atoms with Crippen molar-refractivity contribution in [2.45, 2.75) is 57.6 Å². The van der Waals surface area contributed by atoms with Gasteiger partial charge in [-0.1, -0.05) is 0 Å². The van der Waals surface area contributed by atoms with Gasteiger partial charge in [0.2, 0.25) is 0 Å². The Morgan fingerprint density at radius 3 is 2.11 bits per heavy atom. The van der Waals surface area contributed by atoms with E-state index >= 15 is 0 Å². The van der Waals surface area contributed by atoms with E-state index in [4.69, 9.17) is 9.31 Å². The van der Waals surface area contributed by atoms with Crippen LogP contribution in [0.2, 0.25) is 5.82 Å². The van der Waals surface area contributed by atoms with Crippen molar-refractivity contribution >= 4 is 20.7 Å². The van der Waals surface area contributed by atoms with Gasteiger partial charge in [0, 0.05) is 0 Å². The number of rotatable bonds is 3. The lowest BCUT2D eigenvalue weighted by molar-refractivity contribution is 0.00578. The van der Waals surface area contributed by atoms with Gasteiger partial charge in [-0.15, -0.1) is 0 Å². The predicted octanol–water partition coefficient (Wildman–Crippen LogP) is 1.09. The molecule has 2 rings (SSSR count). The first-order valence-electron chi connectivity index (χ1n) is 6.87. The van der Waals surface area contributed by atoms with Crippen molar-refractivity contribution in [3.05, 3.63) is 0 Å². The summed E-state index contributed by atoms with van der Waals surface area (Å²) >= 11 is 0. The van der Waals surface area contributed by atoms with Crippen LogP contribution < -0.4 is 0 Å². The van der Waals surface area contributed by atoms with Gasteiger partial charge in [-0.2, -0.15) is 0 Å². The van der Waals surface area contributed by atoms with E-state index in [0.717, 1.165) is 32.1 Å². The van der Waals surface area contributed by atoms with Crippen molar-refractivity contribution < 1.29 is 14.1 Å². The van der Waals surface area contributed by atoms with Crippen molar-refractivity contribution in [1.82, 2.24) is 4.81 Å². The van der Waals surface area contributed by atoms with Crippen molar-refractivity contribution in [3.63, 3.8) is 0 Å². The minimum Gasteiger partial charge on any atom is -0.403 e. The van der Waals surface area contributed by atoms with E-state index in [-0.39, 0.29) is 18.3 Å². The Morgan fingerprint density at radius 2 is 1.67 bits per heavy atom. The Morgan fingerprint density at radius 1 is 1.17 bits per heavy atom. The fourth-order valence-corrected chi connectivity index (χ4v) is 2.59. The summed E-state index contributed by atoms with van der Waals surface area (Å²) in [5.74, 6) is 0.453. The molecule has 0 aromatic carbocycles. The number of carbonyl (C=O) groups is 1. The maximum Gasteiger partial charge on any atom is 0.461 e. The third-order valence-electron chi connectivity index (χ3n) is 4.62. The van der Waals surface area contributed by atoms with E-state index in [1.165, 1.54) is 0 Å². The Bertz CT molecular complexity index is 298. The molecular formula is C12H23B2NO3. The number of hydrogen-bond acceptors (Lipinski definition) is 4. The van der Waals surface area contributed by atoms with Gasteiger partial charge in [0.25, 0.3) is 7.41 Å². The molecule has 18 heavy (non-hydrogen) atoms. The molecule has 2 fully saturated rings. The second kappa shape index (κ2) is 4.99. The molecule has 2 aliphatic heterocycles. The summed E-state index contributed by atoms with van der Waals surface area (Å²) in [7, 11) is 0.462. The number of piperidine rings is 1. The Labute approximate surface area is 111 Å². The van der Waals surface area contributed by atoms with Crippen LogP contribution in [0.4, 0.5) is 0 Å². The molecule has 0 spiro atoms. The molecule has 0 saturated carbocycles. The highest BCUT2D eigenvalue weighted by atomic mass is 16.7. The zero-order valence-corrected chi connectivity index (χ0v) is 11.9. The van der Waals surface area contributed by atoms with Crippen LogP contribution in [0.5, 0.6) is 0 Å². The molecule has 2 saturated heterocycles. The molecule has 0 radical (unpaired) electrons. The highest BCUT2D eigenvalue weighted by molar-refractivity contribution is 6.64. The van der Waals surface area contributed by atoms with E-state index in [9.17, 15) is 4.79 Å². The second-order valence-electron chi connectivity index (χ2n) is 6.43. The molecule has 0 aromatic rings. The Hall–Kier alpha value is -0.320. The van der Waals surface area contributed by atoms with Crippen LogP contribution in [0.1, 0.15) is 40.5 Å². The third-order valence-corrected chi connectivity index (χ3v) is 4.62. The smallest absolute Gasteiger partial charge is 0.403 e. The van der Waals surface area contributed by atoms with Crippen molar-refractivity contribution in [3.8, 4) is 0 Å². The zero-order chi connectivity index (χ0) is 13.4. The van der Waals surface area contributed by atoms with E-state index in [0.29, 0.717) is 13.2 Å². The molecule has 6 heteroatoms.